The first-order valence-electron chi connectivity index (χ1n) is 5.99. The molecule has 0 aliphatic carbocycles. The third kappa shape index (κ3) is 2.34. The standard InChI is InChI=1S/C14H13FN2O2/c1-8-9(2)14(19)17(13(8)18)7-11-3-10(6-16)4-12(15)5-11/h3-5,8-9H,7H2,1-2H3. The fraction of sp³-hybridized carbons (Fsp3) is 0.357. The molecule has 0 saturated carbocycles. The highest BCUT2D eigenvalue weighted by atomic mass is 19.1. The first kappa shape index (κ1) is 13.2. The maximum atomic E-state index is 13.3. The molecule has 0 spiro atoms. The molecule has 1 aromatic carbocycles. The Morgan fingerprint density at radius 3 is 2.32 bits per heavy atom. The molecule has 19 heavy (non-hydrogen) atoms. The Morgan fingerprint density at radius 2 is 1.79 bits per heavy atom. The van der Waals surface area contributed by atoms with E-state index in [0.29, 0.717) is 5.56 Å². The van der Waals surface area contributed by atoms with Gasteiger partial charge in [-0.05, 0) is 23.8 Å². The van der Waals surface area contributed by atoms with Crippen molar-refractivity contribution in [2.45, 2.75) is 20.4 Å². The zero-order valence-corrected chi connectivity index (χ0v) is 10.7. The number of nitrogens with zero attached hydrogens (tertiary/aromatic N) is 2. The van der Waals surface area contributed by atoms with Crippen LogP contribution in [-0.4, -0.2) is 16.7 Å². The molecule has 2 atom stereocenters. The van der Waals surface area contributed by atoms with Gasteiger partial charge in [-0.3, -0.25) is 14.5 Å². The summed E-state index contributed by atoms with van der Waals surface area (Å²) >= 11 is 0. The summed E-state index contributed by atoms with van der Waals surface area (Å²) in [7, 11) is 0. The predicted octanol–water partition coefficient (Wildman–Crippen LogP) is 1.84. The minimum Gasteiger partial charge on any atom is -0.278 e. The molecule has 0 bridgehead atoms. The van der Waals surface area contributed by atoms with Crippen LogP contribution < -0.4 is 0 Å². The van der Waals surface area contributed by atoms with Gasteiger partial charge in [0.1, 0.15) is 5.82 Å². The topological polar surface area (TPSA) is 61.2 Å². The molecule has 1 saturated heterocycles. The largest absolute Gasteiger partial charge is 0.278 e. The van der Waals surface area contributed by atoms with E-state index < -0.39 is 5.82 Å². The lowest BCUT2D eigenvalue weighted by Gasteiger charge is -2.14. The number of nitriles is 1. The molecule has 1 aromatic rings. The van der Waals surface area contributed by atoms with Gasteiger partial charge in [0.15, 0.2) is 0 Å². The third-order valence-corrected chi connectivity index (χ3v) is 3.49. The van der Waals surface area contributed by atoms with Crippen molar-refractivity contribution in [1.29, 1.82) is 5.26 Å². The zero-order chi connectivity index (χ0) is 14.2. The second kappa shape index (κ2) is 4.81. The Hall–Kier alpha value is -2.22. The Morgan fingerprint density at radius 1 is 1.21 bits per heavy atom. The molecule has 1 heterocycles. The lowest BCUT2D eigenvalue weighted by Crippen LogP contribution is -2.30. The number of hydrogen-bond donors (Lipinski definition) is 0. The third-order valence-electron chi connectivity index (χ3n) is 3.49. The Balaban J connectivity index is 2.27. The van der Waals surface area contributed by atoms with E-state index in [4.69, 9.17) is 5.26 Å². The highest BCUT2D eigenvalue weighted by Crippen LogP contribution is 2.27. The molecule has 0 radical (unpaired) electrons. The number of benzene rings is 1. The van der Waals surface area contributed by atoms with E-state index >= 15 is 0 Å². The monoisotopic (exact) mass is 260 g/mol. The van der Waals surface area contributed by atoms with E-state index in [1.165, 1.54) is 12.1 Å². The molecule has 2 rings (SSSR count). The van der Waals surface area contributed by atoms with E-state index in [9.17, 15) is 14.0 Å². The molecule has 4 nitrogen and oxygen atoms in total. The zero-order valence-electron chi connectivity index (χ0n) is 10.7. The fourth-order valence-electron chi connectivity index (χ4n) is 2.17. The van der Waals surface area contributed by atoms with Crippen LogP contribution >= 0.6 is 0 Å². The van der Waals surface area contributed by atoms with Crippen molar-refractivity contribution in [3.05, 3.63) is 35.1 Å². The van der Waals surface area contributed by atoms with Crippen molar-refractivity contribution in [2.24, 2.45) is 11.8 Å². The van der Waals surface area contributed by atoms with Gasteiger partial charge < -0.3 is 0 Å². The first-order chi connectivity index (χ1) is 8.93. The summed E-state index contributed by atoms with van der Waals surface area (Å²) < 4.78 is 13.3. The number of likely N-dealkylation sites (tertiary alicyclic amines) is 1. The molecule has 5 heteroatoms. The van der Waals surface area contributed by atoms with Gasteiger partial charge in [0.2, 0.25) is 11.8 Å². The molecule has 1 aliphatic heterocycles. The average molecular weight is 260 g/mol. The van der Waals surface area contributed by atoms with Crippen LogP contribution in [0, 0.1) is 29.0 Å². The quantitative estimate of drug-likeness (QED) is 0.762. The van der Waals surface area contributed by atoms with Crippen molar-refractivity contribution in [3.63, 3.8) is 0 Å². The number of hydrogen-bond acceptors (Lipinski definition) is 3. The minimum atomic E-state index is -0.547. The van der Waals surface area contributed by atoms with Gasteiger partial charge in [-0.25, -0.2) is 4.39 Å². The molecule has 0 aromatic heterocycles. The number of rotatable bonds is 2. The first-order valence-corrected chi connectivity index (χ1v) is 5.99. The van der Waals surface area contributed by atoms with E-state index in [-0.39, 0.29) is 35.8 Å². The summed E-state index contributed by atoms with van der Waals surface area (Å²) in [6.07, 6.45) is 0. The van der Waals surface area contributed by atoms with Gasteiger partial charge in [-0.1, -0.05) is 13.8 Å². The second-order valence-electron chi connectivity index (χ2n) is 4.80. The summed E-state index contributed by atoms with van der Waals surface area (Å²) in [4.78, 5) is 25.0. The van der Waals surface area contributed by atoms with E-state index in [1.54, 1.807) is 13.8 Å². The number of imide groups is 1. The second-order valence-corrected chi connectivity index (χ2v) is 4.80. The van der Waals surface area contributed by atoms with Crippen molar-refractivity contribution in [1.82, 2.24) is 4.90 Å². The maximum absolute atomic E-state index is 13.3. The molecule has 1 fully saturated rings. The summed E-state index contributed by atoms with van der Waals surface area (Å²) in [6, 6.07) is 5.67. The van der Waals surface area contributed by atoms with Crippen LogP contribution in [0.4, 0.5) is 4.39 Å². The number of carbonyl (C=O) groups excluding carboxylic acids is 2. The number of halogens is 1. The van der Waals surface area contributed by atoms with Gasteiger partial charge in [-0.2, -0.15) is 5.26 Å². The van der Waals surface area contributed by atoms with Crippen molar-refractivity contribution in [2.75, 3.05) is 0 Å². The van der Waals surface area contributed by atoms with Gasteiger partial charge in [0.05, 0.1) is 18.2 Å². The number of amides is 2. The average Bonchev–Trinajstić information content (AvgIpc) is 2.56. The van der Waals surface area contributed by atoms with Crippen LogP contribution in [-0.2, 0) is 16.1 Å². The van der Waals surface area contributed by atoms with Crippen LogP contribution in [0.3, 0.4) is 0 Å². The van der Waals surface area contributed by atoms with Crippen molar-refractivity contribution < 1.29 is 14.0 Å². The predicted molar refractivity (Wildman–Crippen MR) is 65.0 cm³/mol. The normalized spacial score (nSPS) is 22.7. The van der Waals surface area contributed by atoms with Gasteiger partial charge in [0, 0.05) is 11.8 Å². The summed E-state index contributed by atoms with van der Waals surface area (Å²) in [5, 5.41) is 8.77. The molecular formula is C14H13FN2O2. The highest BCUT2D eigenvalue weighted by Gasteiger charge is 2.41. The van der Waals surface area contributed by atoms with Gasteiger partial charge >= 0.3 is 0 Å². The number of carbonyl (C=O) groups is 2. The van der Waals surface area contributed by atoms with Crippen molar-refractivity contribution in [3.8, 4) is 6.07 Å². The van der Waals surface area contributed by atoms with Crippen LogP contribution in [0.25, 0.3) is 0 Å². The highest BCUT2D eigenvalue weighted by molar-refractivity contribution is 6.04. The fourth-order valence-corrected chi connectivity index (χ4v) is 2.17. The van der Waals surface area contributed by atoms with Crippen LogP contribution in [0.5, 0.6) is 0 Å². The molecular weight excluding hydrogens is 247 g/mol. The van der Waals surface area contributed by atoms with Gasteiger partial charge in [0.25, 0.3) is 0 Å². The Bertz CT molecular complexity index is 572. The minimum absolute atomic E-state index is 0.0127. The van der Waals surface area contributed by atoms with Gasteiger partial charge in [-0.15, -0.1) is 0 Å². The molecule has 2 unspecified atom stereocenters. The Kier molecular flexibility index (Phi) is 3.34. The smallest absolute Gasteiger partial charge is 0.233 e. The van der Waals surface area contributed by atoms with E-state index in [0.717, 1.165) is 11.0 Å². The summed E-state index contributed by atoms with van der Waals surface area (Å²) in [5.74, 6) is -1.75. The molecule has 1 aliphatic rings. The lowest BCUT2D eigenvalue weighted by molar-refractivity contribution is -0.140. The van der Waals surface area contributed by atoms with E-state index in [2.05, 4.69) is 0 Å². The summed E-state index contributed by atoms with van der Waals surface area (Å²) in [6.45, 7) is 3.42. The summed E-state index contributed by atoms with van der Waals surface area (Å²) in [5.41, 5.74) is 0.620. The van der Waals surface area contributed by atoms with Crippen LogP contribution in [0.2, 0.25) is 0 Å². The van der Waals surface area contributed by atoms with Crippen LogP contribution in [0.1, 0.15) is 25.0 Å². The van der Waals surface area contributed by atoms with E-state index in [1.807, 2.05) is 6.07 Å². The SMILES string of the molecule is CC1C(=O)N(Cc2cc(F)cc(C#N)c2)C(=O)C1C. The molecule has 2 amide bonds. The maximum Gasteiger partial charge on any atom is 0.233 e. The molecule has 98 valence electrons. The molecule has 0 N–H and O–H groups in total. The lowest BCUT2D eigenvalue weighted by atomic mass is 10.00. The van der Waals surface area contributed by atoms with Crippen LogP contribution in [0.15, 0.2) is 18.2 Å². The van der Waals surface area contributed by atoms with Crippen molar-refractivity contribution >= 4 is 11.8 Å². The Labute approximate surface area is 110 Å².